The van der Waals surface area contributed by atoms with E-state index in [-0.39, 0.29) is 23.6 Å². The van der Waals surface area contributed by atoms with Crippen molar-refractivity contribution in [2.24, 2.45) is 0 Å². The van der Waals surface area contributed by atoms with Gasteiger partial charge in [0, 0.05) is 43.3 Å². The lowest BCUT2D eigenvalue weighted by Gasteiger charge is -2.40. The van der Waals surface area contributed by atoms with E-state index in [0.29, 0.717) is 31.2 Å². The standard InChI is InChI=1S/C25H29N5O2S/c1-3-10-22(31)29-16-15-28(17-19(29)2)23(32)18-33-25-27-26-24(20-11-6-4-7-12-20)30(25)21-13-8-5-9-14-21/h4-9,11-14,19H,3,10,15-18H2,1-2H3. The SMILES string of the molecule is CCCC(=O)N1CCN(C(=O)CSc2nnc(-c3ccccc3)n2-c2ccccc2)CC1C. The molecule has 2 amide bonds. The molecular formula is C25H29N5O2S. The molecule has 1 atom stereocenters. The average Bonchev–Trinajstić information content (AvgIpc) is 3.27. The smallest absolute Gasteiger partial charge is 0.233 e. The molecule has 0 radical (unpaired) electrons. The summed E-state index contributed by atoms with van der Waals surface area (Å²) >= 11 is 1.39. The molecule has 1 unspecified atom stereocenters. The van der Waals surface area contributed by atoms with Gasteiger partial charge >= 0.3 is 0 Å². The van der Waals surface area contributed by atoms with Gasteiger partial charge in [0.25, 0.3) is 0 Å². The fraction of sp³-hybridized carbons (Fsp3) is 0.360. The monoisotopic (exact) mass is 463 g/mol. The molecule has 1 aliphatic rings. The number of aromatic nitrogens is 3. The number of hydrogen-bond donors (Lipinski definition) is 0. The molecule has 8 heteroatoms. The van der Waals surface area contributed by atoms with E-state index in [0.717, 1.165) is 23.5 Å². The summed E-state index contributed by atoms with van der Waals surface area (Å²) in [5.74, 6) is 1.25. The fourth-order valence-corrected chi connectivity index (χ4v) is 4.93. The number of hydrogen-bond acceptors (Lipinski definition) is 5. The molecule has 0 N–H and O–H groups in total. The summed E-state index contributed by atoms with van der Waals surface area (Å²) in [6.45, 7) is 5.75. The van der Waals surface area contributed by atoms with Crippen LogP contribution in [0.15, 0.2) is 65.8 Å². The van der Waals surface area contributed by atoms with Gasteiger partial charge in [0.05, 0.1) is 5.75 Å². The minimum atomic E-state index is 0.0319. The minimum Gasteiger partial charge on any atom is -0.338 e. The van der Waals surface area contributed by atoms with Crippen molar-refractivity contribution in [2.75, 3.05) is 25.4 Å². The van der Waals surface area contributed by atoms with Crippen LogP contribution in [0, 0.1) is 0 Å². The van der Waals surface area contributed by atoms with E-state index in [1.807, 2.05) is 88.9 Å². The van der Waals surface area contributed by atoms with Gasteiger partial charge in [-0.3, -0.25) is 14.2 Å². The van der Waals surface area contributed by atoms with Crippen LogP contribution in [0.1, 0.15) is 26.7 Å². The highest BCUT2D eigenvalue weighted by atomic mass is 32.2. The fourth-order valence-electron chi connectivity index (χ4n) is 4.08. The van der Waals surface area contributed by atoms with Crippen LogP contribution < -0.4 is 0 Å². The second-order valence-corrected chi connectivity index (χ2v) is 9.10. The van der Waals surface area contributed by atoms with Crippen molar-refractivity contribution >= 4 is 23.6 Å². The molecular weight excluding hydrogens is 434 g/mol. The highest BCUT2D eigenvalue weighted by Crippen LogP contribution is 2.28. The van der Waals surface area contributed by atoms with Crippen LogP contribution in [0.2, 0.25) is 0 Å². The third-order valence-electron chi connectivity index (χ3n) is 5.77. The van der Waals surface area contributed by atoms with E-state index in [1.165, 1.54) is 11.8 Å². The summed E-state index contributed by atoms with van der Waals surface area (Å²) < 4.78 is 2.00. The van der Waals surface area contributed by atoms with E-state index in [1.54, 1.807) is 0 Å². The molecule has 1 aromatic heterocycles. The van der Waals surface area contributed by atoms with Crippen molar-refractivity contribution in [2.45, 2.75) is 37.9 Å². The molecule has 172 valence electrons. The maximum Gasteiger partial charge on any atom is 0.233 e. The molecule has 2 aromatic carbocycles. The molecule has 0 saturated carbocycles. The lowest BCUT2D eigenvalue weighted by Crippen LogP contribution is -2.55. The van der Waals surface area contributed by atoms with Crippen LogP contribution in [-0.2, 0) is 9.59 Å². The van der Waals surface area contributed by atoms with Crippen molar-refractivity contribution in [3.8, 4) is 17.1 Å². The topological polar surface area (TPSA) is 71.3 Å². The Morgan fingerprint density at radius 3 is 2.33 bits per heavy atom. The normalized spacial score (nSPS) is 16.1. The maximum atomic E-state index is 13.0. The van der Waals surface area contributed by atoms with Gasteiger partial charge in [-0.2, -0.15) is 0 Å². The first-order chi connectivity index (χ1) is 16.1. The van der Waals surface area contributed by atoms with Gasteiger partial charge in [0.1, 0.15) is 0 Å². The van der Waals surface area contributed by atoms with Crippen LogP contribution in [0.25, 0.3) is 17.1 Å². The first kappa shape index (κ1) is 23.0. The Hall–Kier alpha value is -3.13. The summed E-state index contributed by atoms with van der Waals surface area (Å²) in [5.41, 5.74) is 1.92. The second kappa shape index (κ2) is 10.7. The zero-order valence-corrected chi connectivity index (χ0v) is 19.9. The molecule has 7 nitrogen and oxygen atoms in total. The number of carbonyl (C=O) groups is 2. The van der Waals surface area contributed by atoms with Gasteiger partial charge in [0.15, 0.2) is 11.0 Å². The molecule has 1 aliphatic heterocycles. The second-order valence-electron chi connectivity index (χ2n) is 8.16. The summed E-state index contributed by atoms with van der Waals surface area (Å²) in [7, 11) is 0. The van der Waals surface area contributed by atoms with E-state index in [9.17, 15) is 9.59 Å². The van der Waals surface area contributed by atoms with Gasteiger partial charge in [0.2, 0.25) is 11.8 Å². The Morgan fingerprint density at radius 2 is 1.67 bits per heavy atom. The van der Waals surface area contributed by atoms with Gasteiger partial charge in [-0.25, -0.2) is 0 Å². The van der Waals surface area contributed by atoms with Crippen LogP contribution in [0.4, 0.5) is 0 Å². The lowest BCUT2D eigenvalue weighted by atomic mass is 10.1. The zero-order chi connectivity index (χ0) is 23.2. The number of carbonyl (C=O) groups excluding carboxylic acids is 2. The Balaban J connectivity index is 1.47. The van der Waals surface area contributed by atoms with Crippen molar-refractivity contribution in [1.29, 1.82) is 0 Å². The highest BCUT2D eigenvalue weighted by Gasteiger charge is 2.29. The third kappa shape index (κ3) is 5.27. The molecule has 3 aromatic rings. The highest BCUT2D eigenvalue weighted by molar-refractivity contribution is 7.99. The summed E-state index contributed by atoms with van der Waals surface area (Å²) in [5, 5.41) is 9.52. The first-order valence-corrected chi connectivity index (χ1v) is 12.3. The first-order valence-electron chi connectivity index (χ1n) is 11.3. The number of amides is 2. The largest absolute Gasteiger partial charge is 0.338 e. The Morgan fingerprint density at radius 1 is 0.970 bits per heavy atom. The lowest BCUT2D eigenvalue weighted by molar-refractivity contribution is -0.141. The Labute approximate surface area is 198 Å². The number of piperazine rings is 1. The molecule has 4 rings (SSSR count). The number of thioether (sulfide) groups is 1. The summed E-state index contributed by atoms with van der Waals surface area (Å²) in [6.07, 6.45) is 1.40. The van der Waals surface area contributed by atoms with Crippen molar-refractivity contribution in [3.05, 3.63) is 60.7 Å². The molecule has 0 aliphatic carbocycles. The maximum absolute atomic E-state index is 13.0. The van der Waals surface area contributed by atoms with Crippen molar-refractivity contribution < 1.29 is 9.59 Å². The Kier molecular flexibility index (Phi) is 7.44. The van der Waals surface area contributed by atoms with Crippen LogP contribution in [-0.4, -0.2) is 67.8 Å². The van der Waals surface area contributed by atoms with Gasteiger partial charge < -0.3 is 9.80 Å². The quantitative estimate of drug-likeness (QED) is 0.497. The third-order valence-corrected chi connectivity index (χ3v) is 6.68. The van der Waals surface area contributed by atoms with Gasteiger partial charge in [-0.15, -0.1) is 10.2 Å². The molecule has 2 heterocycles. The predicted molar refractivity (Wildman–Crippen MR) is 130 cm³/mol. The van der Waals surface area contributed by atoms with Crippen LogP contribution >= 0.6 is 11.8 Å². The molecule has 0 bridgehead atoms. The molecule has 1 saturated heterocycles. The number of para-hydroxylation sites is 1. The molecule has 33 heavy (non-hydrogen) atoms. The summed E-state index contributed by atoms with van der Waals surface area (Å²) in [6, 6.07) is 19.9. The average molecular weight is 464 g/mol. The van der Waals surface area contributed by atoms with Gasteiger partial charge in [-0.05, 0) is 25.5 Å². The summed E-state index contributed by atoms with van der Waals surface area (Å²) in [4.78, 5) is 29.0. The van der Waals surface area contributed by atoms with Crippen molar-refractivity contribution in [3.63, 3.8) is 0 Å². The minimum absolute atomic E-state index is 0.0319. The van der Waals surface area contributed by atoms with Crippen LogP contribution in [0.5, 0.6) is 0 Å². The Bertz CT molecular complexity index is 1090. The van der Waals surface area contributed by atoms with Gasteiger partial charge in [-0.1, -0.05) is 67.2 Å². The predicted octanol–water partition coefficient (Wildman–Crippen LogP) is 3.89. The molecule has 0 spiro atoms. The van der Waals surface area contributed by atoms with Crippen LogP contribution in [0.3, 0.4) is 0 Å². The number of nitrogens with zero attached hydrogens (tertiary/aromatic N) is 5. The van der Waals surface area contributed by atoms with E-state index >= 15 is 0 Å². The number of benzene rings is 2. The van der Waals surface area contributed by atoms with E-state index < -0.39 is 0 Å². The number of rotatable bonds is 7. The van der Waals surface area contributed by atoms with E-state index in [4.69, 9.17) is 0 Å². The molecule has 1 fully saturated rings. The van der Waals surface area contributed by atoms with E-state index in [2.05, 4.69) is 10.2 Å². The zero-order valence-electron chi connectivity index (χ0n) is 19.1. The van der Waals surface area contributed by atoms with Crippen molar-refractivity contribution in [1.82, 2.24) is 24.6 Å².